The molecule has 0 saturated heterocycles. The minimum atomic E-state index is -0.557. The molecular formula is C15H18N4O2. The molecule has 6 nitrogen and oxygen atoms in total. The molecule has 1 atom stereocenters. The van der Waals surface area contributed by atoms with E-state index in [9.17, 15) is 4.79 Å². The van der Waals surface area contributed by atoms with Gasteiger partial charge in [0.05, 0.1) is 13.2 Å². The lowest BCUT2D eigenvalue weighted by atomic mass is 10.1. The summed E-state index contributed by atoms with van der Waals surface area (Å²) in [6.45, 7) is 3.79. The summed E-state index contributed by atoms with van der Waals surface area (Å²) in [5.74, 6) is 0.0518. The predicted molar refractivity (Wildman–Crippen MR) is 81.0 cm³/mol. The monoisotopic (exact) mass is 286 g/mol. The number of hydrogen-bond donors (Lipinski definition) is 2. The molecule has 0 amide bonds. The molecule has 2 aromatic rings. The summed E-state index contributed by atoms with van der Waals surface area (Å²) >= 11 is 0. The molecule has 0 radical (unpaired) electrons. The number of ether oxygens (including phenoxy) is 1. The Morgan fingerprint density at radius 1 is 1.33 bits per heavy atom. The first-order chi connectivity index (χ1) is 9.99. The van der Waals surface area contributed by atoms with Crippen molar-refractivity contribution in [1.29, 1.82) is 0 Å². The van der Waals surface area contributed by atoms with E-state index in [1.54, 1.807) is 13.0 Å². The highest BCUT2D eigenvalue weighted by molar-refractivity contribution is 5.85. The molecule has 3 N–H and O–H groups in total. The molecule has 0 aliphatic carbocycles. The van der Waals surface area contributed by atoms with Crippen molar-refractivity contribution in [1.82, 2.24) is 9.97 Å². The zero-order valence-corrected chi connectivity index (χ0v) is 12.3. The van der Waals surface area contributed by atoms with Crippen LogP contribution in [0.2, 0.25) is 0 Å². The molecule has 1 aromatic heterocycles. The number of anilines is 2. The number of nitrogens with two attached hydrogens (primary N) is 1. The van der Waals surface area contributed by atoms with Crippen molar-refractivity contribution in [2.24, 2.45) is 0 Å². The number of esters is 1. The highest BCUT2D eigenvalue weighted by Gasteiger charge is 2.13. The van der Waals surface area contributed by atoms with E-state index >= 15 is 0 Å². The lowest BCUT2D eigenvalue weighted by Gasteiger charge is -2.16. The average Bonchev–Trinajstić information content (AvgIpc) is 2.45. The van der Waals surface area contributed by atoms with Gasteiger partial charge < -0.3 is 15.8 Å². The van der Waals surface area contributed by atoms with Crippen LogP contribution in [0.3, 0.4) is 0 Å². The van der Waals surface area contributed by atoms with Crippen molar-refractivity contribution in [2.45, 2.75) is 19.9 Å². The van der Waals surface area contributed by atoms with Crippen molar-refractivity contribution in [2.75, 3.05) is 18.2 Å². The molecule has 110 valence electrons. The Hall–Kier alpha value is -2.63. The number of rotatable bonds is 4. The molecule has 21 heavy (non-hydrogen) atoms. The normalized spacial score (nSPS) is 11.8. The molecule has 0 spiro atoms. The van der Waals surface area contributed by atoms with Crippen LogP contribution in [0.1, 0.15) is 34.8 Å². The van der Waals surface area contributed by atoms with Gasteiger partial charge in [0.25, 0.3) is 0 Å². The maximum Gasteiger partial charge on any atom is 0.376 e. The highest BCUT2D eigenvalue weighted by atomic mass is 16.5. The van der Waals surface area contributed by atoms with E-state index in [0.29, 0.717) is 17.2 Å². The molecule has 0 aliphatic heterocycles. The summed E-state index contributed by atoms with van der Waals surface area (Å²) in [5.41, 5.74) is 8.21. The minimum absolute atomic E-state index is 0.00621. The standard InChI is InChI=1S/C15H18N4O2/c1-9-7-13(19-14(17-9)15(20)21-3)18-10(2)11-5-4-6-12(16)8-11/h4-8,10H,16H2,1-3H3,(H,17,18,19). The molecule has 6 heteroatoms. The van der Waals surface area contributed by atoms with Crippen LogP contribution < -0.4 is 11.1 Å². The first-order valence-electron chi connectivity index (χ1n) is 6.55. The first kappa shape index (κ1) is 14.8. The van der Waals surface area contributed by atoms with Gasteiger partial charge in [-0.3, -0.25) is 0 Å². The van der Waals surface area contributed by atoms with Gasteiger partial charge in [0.2, 0.25) is 5.82 Å². The summed E-state index contributed by atoms with van der Waals surface area (Å²) < 4.78 is 4.64. The van der Waals surface area contributed by atoms with Crippen molar-refractivity contribution < 1.29 is 9.53 Å². The van der Waals surface area contributed by atoms with Crippen molar-refractivity contribution >= 4 is 17.5 Å². The van der Waals surface area contributed by atoms with E-state index in [0.717, 1.165) is 5.56 Å². The van der Waals surface area contributed by atoms with E-state index in [1.165, 1.54) is 7.11 Å². The van der Waals surface area contributed by atoms with Gasteiger partial charge in [-0.1, -0.05) is 12.1 Å². The largest absolute Gasteiger partial charge is 0.463 e. The van der Waals surface area contributed by atoms with Gasteiger partial charge in [-0.15, -0.1) is 0 Å². The van der Waals surface area contributed by atoms with E-state index < -0.39 is 5.97 Å². The second-order valence-corrected chi connectivity index (χ2v) is 4.75. The van der Waals surface area contributed by atoms with Crippen LogP contribution in [-0.2, 0) is 4.74 Å². The molecule has 2 rings (SSSR count). The number of hydrogen-bond acceptors (Lipinski definition) is 6. The fourth-order valence-corrected chi connectivity index (χ4v) is 1.96. The number of nitrogens with one attached hydrogen (secondary N) is 1. The molecular weight excluding hydrogens is 268 g/mol. The maximum atomic E-state index is 11.5. The Morgan fingerprint density at radius 2 is 2.10 bits per heavy atom. The van der Waals surface area contributed by atoms with Gasteiger partial charge in [0.15, 0.2) is 0 Å². The maximum absolute atomic E-state index is 11.5. The Bertz CT molecular complexity index is 658. The number of carbonyl (C=O) groups excluding carboxylic acids is 1. The van der Waals surface area contributed by atoms with Crippen molar-refractivity contribution in [3.8, 4) is 0 Å². The van der Waals surface area contributed by atoms with Gasteiger partial charge in [-0.25, -0.2) is 14.8 Å². The topological polar surface area (TPSA) is 90.1 Å². The van der Waals surface area contributed by atoms with Gasteiger partial charge >= 0.3 is 5.97 Å². The lowest BCUT2D eigenvalue weighted by Crippen LogP contribution is -2.13. The fraction of sp³-hybridized carbons (Fsp3) is 0.267. The summed E-state index contributed by atoms with van der Waals surface area (Å²) in [4.78, 5) is 19.7. The Morgan fingerprint density at radius 3 is 2.76 bits per heavy atom. The number of carbonyl (C=O) groups is 1. The fourth-order valence-electron chi connectivity index (χ4n) is 1.96. The van der Waals surface area contributed by atoms with E-state index in [2.05, 4.69) is 20.0 Å². The van der Waals surface area contributed by atoms with E-state index in [1.807, 2.05) is 31.2 Å². The molecule has 0 fully saturated rings. The third-order valence-electron chi connectivity index (χ3n) is 3.00. The smallest absolute Gasteiger partial charge is 0.376 e. The van der Waals surface area contributed by atoms with Crippen molar-refractivity contribution in [3.05, 3.63) is 47.4 Å². The Balaban J connectivity index is 2.23. The zero-order valence-electron chi connectivity index (χ0n) is 12.3. The summed E-state index contributed by atoms with van der Waals surface area (Å²) in [6.07, 6.45) is 0. The van der Waals surface area contributed by atoms with Crippen LogP contribution in [0.25, 0.3) is 0 Å². The molecule has 1 heterocycles. The summed E-state index contributed by atoms with van der Waals surface area (Å²) in [7, 11) is 1.30. The van der Waals surface area contributed by atoms with Gasteiger partial charge in [0.1, 0.15) is 5.82 Å². The average molecular weight is 286 g/mol. The molecule has 0 bridgehead atoms. The Kier molecular flexibility index (Phi) is 4.37. The summed E-state index contributed by atoms with van der Waals surface area (Å²) in [5, 5.41) is 3.23. The molecule has 1 aromatic carbocycles. The van der Waals surface area contributed by atoms with E-state index in [-0.39, 0.29) is 11.9 Å². The minimum Gasteiger partial charge on any atom is -0.463 e. The van der Waals surface area contributed by atoms with Gasteiger partial charge in [-0.05, 0) is 31.5 Å². The molecule has 0 aliphatic rings. The van der Waals surface area contributed by atoms with Crippen LogP contribution >= 0.6 is 0 Å². The highest BCUT2D eigenvalue weighted by Crippen LogP contribution is 2.20. The number of methoxy groups -OCH3 is 1. The third-order valence-corrected chi connectivity index (χ3v) is 3.00. The predicted octanol–water partition coefficient (Wildman–Crippen LogP) is 2.33. The van der Waals surface area contributed by atoms with Crippen LogP contribution in [-0.4, -0.2) is 23.0 Å². The van der Waals surface area contributed by atoms with Gasteiger partial charge in [-0.2, -0.15) is 0 Å². The van der Waals surface area contributed by atoms with E-state index in [4.69, 9.17) is 5.73 Å². The quantitative estimate of drug-likeness (QED) is 0.662. The lowest BCUT2D eigenvalue weighted by molar-refractivity contribution is 0.0586. The second-order valence-electron chi connectivity index (χ2n) is 4.75. The number of aromatic nitrogens is 2. The SMILES string of the molecule is COC(=O)c1nc(C)cc(NC(C)c2cccc(N)c2)n1. The van der Waals surface area contributed by atoms with Gasteiger partial charge in [0, 0.05) is 17.4 Å². The van der Waals surface area contributed by atoms with Crippen LogP contribution in [0.4, 0.5) is 11.5 Å². The van der Waals surface area contributed by atoms with Crippen LogP contribution in [0, 0.1) is 6.92 Å². The number of aryl methyl sites for hydroxylation is 1. The second kappa shape index (κ2) is 6.21. The third kappa shape index (κ3) is 3.68. The zero-order chi connectivity index (χ0) is 15.4. The molecule has 1 unspecified atom stereocenters. The number of nitrogens with zero attached hydrogens (tertiary/aromatic N) is 2. The van der Waals surface area contributed by atoms with Crippen LogP contribution in [0.15, 0.2) is 30.3 Å². The van der Waals surface area contributed by atoms with Crippen molar-refractivity contribution in [3.63, 3.8) is 0 Å². The van der Waals surface area contributed by atoms with Crippen LogP contribution in [0.5, 0.6) is 0 Å². The first-order valence-corrected chi connectivity index (χ1v) is 6.55. The number of nitrogen functional groups attached to an aromatic ring is 1. The molecule has 0 saturated carbocycles. The summed E-state index contributed by atoms with van der Waals surface area (Å²) in [6, 6.07) is 9.37. The Labute approximate surface area is 123 Å². The number of benzene rings is 1.